The zero-order valence-corrected chi connectivity index (χ0v) is 13.3. The molecule has 0 N–H and O–H groups in total. The Labute approximate surface area is 136 Å². The summed E-state index contributed by atoms with van der Waals surface area (Å²) in [5, 5.41) is 10.9. The maximum atomic E-state index is 12.8. The van der Waals surface area contributed by atoms with Gasteiger partial charge in [-0.15, -0.1) is 10.2 Å². The lowest BCUT2D eigenvalue weighted by atomic mass is 10.1. The summed E-state index contributed by atoms with van der Waals surface area (Å²) in [6.07, 6.45) is -1.97. The zero-order valence-electron chi connectivity index (χ0n) is 13.3. The van der Waals surface area contributed by atoms with Gasteiger partial charge in [-0.1, -0.05) is 0 Å². The number of nitrogens with zero attached hydrogens (tertiary/aromatic N) is 6. The number of aryl methyl sites for hydroxylation is 2. The topological polar surface area (TPSA) is 68.8 Å². The lowest BCUT2D eigenvalue weighted by Gasteiger charge is -2.28. The number of alkyl halides is 3. The molecule has 2 aromatic rings. The smallest absolute Gasteiger partial charge is 0.333 e. The number of hydrogen-bond donors (Lipinski definition) is 0. The molecule has 24 heavy (non-hydrogen) atoms. The van der Waals surface area contributed by atoms with Crippen LogP contribution in [0.2, 0.25) is 0 Å². The molecule has 7 nitrogen and oxygen atoms in total. The molecule has 0 radical (unpaired) electrons. The predicted molar refractivity (Wildman–Crippen MR) is 76.7 cm³/mol. The highest BCUT2D eigenvalue weighted by Gasteiger charge is 2.39. The van der Waals surface area contributed by atoms with Gasteiger partial charge in [-0.05, 0) is 18.9 Å². The maximum Gasteiger partial charge on any atom is 0.451 e. The molecule has 0 atom stereocenters. The zero-order chi connectivity index (χ0) is 17.5. The van der Waals surface area contributed by atoms with Gasteiger partial charge in [0.05, 0.1) is 12.7 Å². The Bertz CT molecular complexity index is 763. The first-order valence-corrected chi connectivity index (χ1v) is 7.52. The Morgan fingerprint density at radius 3 is 2.67 bits per heavy atom. The fraction of sp³-hybridized carbons (Fsp3) is 0.571. The molecule has 1 amide bonds. The molecule has 3 heterocycles. The third kappa shape index (κ3) is 3.00. The van der Waals surface area contributed by atoms with Gasteiger partial charge >= 0.3 is 6.18 Å². The second kappa shape index (κ2) is 5.91. The van der Waals surface area contributed by atoms with Crippen molar-refractivity contribution in [2.75, 3.05) is 6.54 Å². The van der Waals surface area contributed by atoms with Gasteiger partial charge in [0.1, 0.15) is 0 Å². The first kappa shape index (κ1) is 16.5. The lowest BCUT2D eigenvalue weighted by Crippen LogP contribution is -2.39. The van der Waals surface area contributed by atoms with Crippen LogP contribution >= 0.6 is 0 Å². The van der Waals surface area contributed by atoms with Crippen molar-refractivity contribution >= 4 is 5.91 Å². The van der Waals surface area contributed by atoms with Crippen LogP contribution < -0.4 is 0 Å². The fourth-order valence-corrected chi connectivity index (χ4v) is 2.77. The van der Waals surface area contributed by atoms with E-state index in [1.807, 2.05) is 14.0 Å². The number of halogens is 3. The van der Waals surface area contributed by atoms with Crippen molar-refractivity contribution < 1.29 is 18.0 Å². The van der Waals surface area contributed by atoms with E-state index in [-0.39, 0.29) is 37.8 Å². The van der Waals surface area contributed by atoms with E-state index < -0.39 is 12.0 Å². The van der Waals surface area contributed by atoms with Crippen LogP contribution in [0, 0.1) is 6.92 Å². The van der Waals surface area contributed by atoms with Crippen LogP contribution in [0.5, 0.6) is 0 Å². The minimum absolute atomic E-state index is 0.0495. The number of aromatic nitrogens is 5. The summed E-state index contributed by atoms with van der Waals surface area (Å²) in [6, 6.07) is 0. The average molecular weight is 342 g/mol. The molecule has 10 heteroatoms. The molecule has 1 aliphatic heterocycles. The SMILES string of the molecule is Cc1c(CCC(=O)N2CCn3c(nnc3C(F)(F)F)C2)cnn1C. The molecule has 1 aliphatic rings. The van der Waals surface area contributed by atoms with Crippen molar-refractivity contribution in [3.8, 4) is 0 Å². The van der Waals surface area contributed by atoms with E-state index in [1.165, 1.54) is 4.90 Å². The third-order valence-corrected chi connectivity index (χ3v) is 4.30. The summed E-state index contributed by atoms with van der Waals surface area (Å²) in [5.74, 6) is -0.948. The Hall–Kier alpha value is -2.39. The third-order valence-electron chi connectivity index (χ3n) is 4.30. The molecule has 0 aromatic carbocycles. The summed E-state index contributed by atoms with van der Waals surface area (Å²) in [5.41, 5.74) is 1.99. The van der Waals surface area contributed by atoms with Gasteiger partial charge < -0.3 is 9.47 Å². The predicted octanol–water partition coefficient (Wildman–Crippen LogP) is 1.31. The van der Waals surface area contributed by atoms with Crippen LogP contribution in [-0.2, 0) is 37.5 Å². The first-order chi connectivity index (χ1) is 11.3. The van der Waals surface area contributed by atoms with Gasteiger partial charge in [-0.3, -0.25) is 9.48 Å². The highest BCUT2D eigenvalue weighted by atomic mass is 19.4. The molecule has 0 unspecified atom stereocenters. The second-order valence-corrected chi connectivity index (χ2v) is 5.78. The number of amides is 1. The Kier molecular flexibility index (Phi) is 4.06. The summed E-state index contributed by atoms with van der Waals surface area (Å²) in [4.78, 5) is 13.8. The van der Waals surface area contributed by atoms with Gasteiger partial charge in [-0.2, -0.15) is 18.3 Å². The van der Waals surface area contributed by atoms with E-state index in [9.17, 15) is 18.0 Å². The quantitative estimate of drug-likeness (QED) is 0.843. The largest absolute Gasteiger partial charge is 0.451 e. The van der Waals surface area contributed by atoms with Gasteiger partial charge in [0.15, 0.2) is 5.82 Å². The van der Waals surface area contributed by atoms with Crippen LogP contribution in [0.1, 0.15) is 29.3 Å². The van der Waals surface area contributed by atoms with Crippen LogP contribution in [0.15, 0.2) is 6.20 Å². The van der Waals surface area contributed by atoms with Gasteiger partial charge in [-0.25, -0.2) is 0 Å². The van der Waals surface area contributed by atoms with Crippen LogP contribution in [0.3, 0.4) is 0 Å². The summed E-state index contributed by atoms with van der Waals surface area (Å²) in [7, 11) is 1.83. The Morgan fingerprint density at radius 2 is 2.04 bits per heavy atom. The normalized spacial score (nSPS) is 14.8. The number of carbonyl (C=O) groups excluding carboxylic acids is 1. The number of rotatable bonds is 3. The minimum atomic E-state index is -4.53. The molecule has 2 aromatic heterocycles. The standard InChI is InChI=1S/C14H17F3N6O/c1-9-10(7-18-21(9)2)3-4-12(24)22-5-6-23-11(8-22)19-20-13(23)14(15,16)17/h7H,3-6,8H2,1-2H3. The van der Waals surface area contributed by atoms with E-state index in [2.05, 4.69) is 15.3 Å². The number of hydrogen-bond acceptors (Lipinski definition) is 4. The average Bonchev–Trinajstić information content (AvgIpc) is 3.09. The highest BCUT2D eigenvalue weighted by Crippen LogP contribution is 2.29. The van der Waals surface area contributed by atoms with Crippen molar-refractivity contribution in [2.45, 2.75) is 39.0 Å². The summed E-state index contributed by atoms with van der Waals surface area (Å²) in [6.45, 7) is 2.25. The van der Waals surface area contributed by atoms with E-state index in [0.29, 0.717) is 6.42 Å². The molecule has 0 saturated heterocycles. The van der Waals surface area contributed by atoms with Gasteiger partial charge in [0.2, 0.25) is 11.7 Å². The fourth-order valence-electron chi connectivity index (χ4n) is 2.77. The number of carbonyl (C=O) groups is 1. The molecule has 0 spiro atoms. The molecule has 0 saturated carbocycles. The summed E-state index contributed by atoms with van der Waals surface area (Å²) < 4.78 is 41.2. The Balaban J connectivity index is 1.64. The monoisotopic (exact) mass is 342 g/mol. The van der Waals surface area contributed by atoms with Crippen LogP contribution in [0.4, 0.5) is 13.2 Å². The Morgan fingerprint density at radius 1 is 1.29 bits per heavy atom. The van der Waals surface area contributed by atoms with Crippen molar-refractivity contribution in [1.29, 1.82) is 0 Å². The molecule has 0 bridgehead atoms. The van der Waals surface area contributed by atoms with Crippen molar-refractivity contribution in [2.24, 2.45) is 7.05 Å². The van der Waals surface area contributed by atoms with Gasteiger partial charge in [0.25, 0.3) is 0 Å². The molecule has 0 aliphatic carbocycles. The minimum Gasteiger partial charge on any atom is -0.333 e. The number of fused-ring (bicyclic) bond motifs is 1. The molecular weight excluding hydrogens is 325 g/mol. The van der Waals surface area contributed by atoms with Crippen LogP contribution in [-0.4, -0.2) is 41.9 Å². The maximum absolute atomic E-state index is 12.8. The lowest BCUT2D eigenvalue weighted by molar-refractivity contribution is -0.148. The molecule has 0 fully saturated rings. The van der Waals surface area contributed by atoms with Crippen molar-refractivity contribution in [3.05, 3.63) is 29.1 Å². The second-order valence-electron chi connectivity index (χ2n) is 5.78. The van der Waals surface area contributed by atoms with E-state index in [4.69, 9.17) is 0 Å². The van der Waals surface area contributed by atoms with E-state index in [1.54, 1.807) is 10.9 Å². The van der Waals surface area contributed by atoms with Crippen molar-refractivity contribution in [3.63, 3.8) is 0 Å². The van der Waals surface area contributed by atoms with E-state index in [0.717, 1.165) is 15.8 Å². The highest BCUT2D eigenvalue weighted by molar-refractivity contribution is 5.76. The van der Waals surface area contributed by atoms with Crippen LogP contribution in [0.25, 0.3) is 0 Å². The van der Waals surface area contributed by atoms with Gasteiger partial charge in [0, 0.05) is 32.3 Å². The molecule has 3 rings (SSSR count). The molecular formula is C14H17F3N6O. The van der Waals surface area contributed by atoms with Crippen molar-refractivity contribution in [1.82, 2.24) is 29.4 Å². The molecule has 130 valence electrons. The summed E-state index contributed by atoms with van der Waals surface area (Å²) >= 11 is 0. The van der Waals surface area contributed by atoms with E-state index >= 15 is 0 Å². The first-order valence-electron chi connectivity index (χ1n) is 7.52.